The molecule has 0 aromatic rings. The largest absolute Gasteiger partial charge is 0.307 e. The minimum Gasteiger partial charge on any atom is -0.307 e. The number of hydrogen-bond donors (Lipinski definition) is 1. The predicted octanol–water partition coefficient (Wildman–Crippen LogP) is 4.12. The quantitative estimate of drug-likeness (QED) is 0.634. The second-order valence-corrected chi connectivity index (χ2v) is 6.07. The van der Waals surface area contributed by atoms with Crippen molar-refractivity contribution in [3.8, 4) is 0 Å². The van der Waals surface area contributed by atoms with Crippen LogP contribution >= 0.6 is 0 Å². The van der Waals surface area contributed by atoms with E-state index in [1.807, 2.05) is 0 Å². The molecule has 86 valence electrons. The van der Waals surface area contributed by atoms with Gasteiger partial charge in [-0.15, -0.1) is 0 Å². The van der Waals surface area contributed by atoms with Crippen molar-refractivity contribution < 1.29 is 0 Å². The van der Waals surface area contributed by atoms with Crippen LogP contribution in [0.3, 0.4) is 0 Å². The molecule has 0 spiro atoms. The van der Waals surface area contributed by atoms with Crippen LogP contribution in [-0.2, 0) is 0 Å². The van der Waals surface area contributed by atoms with Gasteiger partial charge in [0.05, 0.1) is 0 Å². The number of hydrogen-bond acceptors (Lipinski definition) is 1. The summed E-state index contributed by atoms with van der Waals surface area (Å²) in [6.45, 7) is 13.6. The molecule has 0 aromatic carbocycles. The summed E-state index contributed by atoms with van der Waals surface area (Å²) in [7, 11) is 0. The molecule has 0 radical (unpaired) electrons. The molecule has 0 aliphatic rings. The monoisotopic (exact) mass is 199 g/mol. The van der Waals surface area contributed by atoms with E-state index in [0.717, 1.165) is 0 Å². The van der Waals surface area contributed by atoms with Gasteiger partial charge in [0.25, 0.3) is 0 Å². The Kier molecular flexibility index (Phi) is 5.73. The lowest BCUT2D eigenvalue weighted by atomic mass is 9.93. The van der Waals surface area contributed by atoms with Gasteiger partial charge in [0, 0.05) is 11.1 Å². The molecule has 1 nitrogen and oxygen atoms in total. The smallest absolute Gasteiger partial charge is 0.0130 e. The summed E-state index contributed by atoms with van der Waals surface area (Å²) in [6.07, 6.45) is 6.72. The van der Waals surface area contributed by atoms with Gasteiger partial charge >= 0.3 is 0 Å². The fraction of sp³-hybridized carbons (Fsp3) is 1.00. The Morgan fingerprint density at radius 2 is 1.43 bits per heavy atom. The average molecular weight is 199 g/mol. The van der Waals surface area contributed by atoms with E-state index in [0.29, 0.717) is 0 Å². The lowest BCUT2D eigenvalue weighted by molar-refractivity contribution is 0.261. The summed E-state index contributed by atoms with van der Waals surface area (Å²) in [5, 5.41) is 3.67. The summed E-state index contributed by atoms with van der Waals surface area (Å²) >= 11 is 0. The highest BCUT2D eigenvalue weighted by Crippen LogP contribution is 2.18. The Morgan fingerprint density at radius 3 is 1.86 bits per heavy atom. The first-order valence-electron chi connectivity index (χ1n) is 6.06. The van der Waals surface area contributed by atoms with E-state index in [2.05, 4.69) is 46.9 Å². The van der Waals surface area contributed by atoms with Gasteiger partial charge in [-0.25, -0.2) is 0 Å². The van der Waals surface area contributed by atoms with Crippen molar-refractivity contribution in [2.24, 2.45) is 0 Å². The van der Waals surface area contributed by atoms with Crippen molar-refractivity contribution in [3.05, 3.63) is 0 Å². The first kappa shape index (κ1) is 14.0. The van der Waals surface area contributed by atoms with Gasteiger partial charge in [0.1, 0.15) is 0 Å². The molecule has 0 saturated heterocycles. The molecule has 1 N–H and O–H groups in total. The molecule has 14 heavy (non-hydrogen) atoms. The van der Waals surface area contributed by atoms with E-state index in [4.69, 9.17) is 0 Å². The van der Waals surface area contributed by atoms with Gasteiger partial charge in [-0.1, -0.05) is 32.6 Å². The lowest BCUT2D eigenvalue weighted by Gasteiger charge is -2.35. The van der Waals surface area contributed by atoms with E-state index < -0.39 is 0 Å². The van der Waals surface area contributed by atoms with Gasteiger partial charge in [-0.2, -0.15) is 0 Å². The minimum atomic E-state index is 0.230. The minimum absolute atomic E-state index is 0.230. The van der Waals surface area contributed by atoms with Crippen LogP contribution < -0.4 is 5.32 Å². The Bertz CT molecular complexity index is 142. The SMILES string of the molecule is CCCCCCC(C)(C)NC(C)(C)C. The zero-order valence-corrected chi connectivity index (χ0v) is 11.0. The highest BCUT2D eigenvalue weighted by molar-refractivity contribution is 4.85. The third kappa shape index (κ3) is 8.55. The predicted molar refractivity (Wildman–Crippen MR) is 65.7 cm³/mol. The van der Waals surface area contributed by atoms with Gasteiger partial charge in [-0.05, 0) is 41.0 Å². The van der Waals surface area contributed by atoms with Crippen molar-refractivity contribution in [1.29, 1.82) is 0 Å². The van der Waals surface area contributed by atoms with E-state index in [1.54, 1.807) is 0 Å². The van der Waals surface area contributed by atoms with E-state index in [9.17, 15) is 0 Å². The summed E-state index contributed by atoms with van der Waals surface area (Å²) in [5.41, 5.74) is 0.514. The molecule has 0 aromatic heterocycles. The standard InChI is InChI=1S/C13H29N/c1-7-8-9-10-11-13(5,6)14-12(2,3)4/h14H,7-11H2,1-6H3. The molecule has 0 aliphatic heterocycles. The molecule has 0 saturated carbocycles. The molecule has 0 unspecified atom stereocenters. The van der Waals surface area contributed by atoms with Crippen molar-refractivity contribution in [3.63, 3.8) is 0 Å². The van der Waals surface area contributed by atoms with Gasteiger partial charge in [0.15, 0.2) is 0 Å². The van der Waals surface area contributed by atoms with Crippen molar-refractivity contribution in [1.82, 2.24) is 5.32 Å². The summed E-state index contributed by atoms with van der Waals surface area (Å²) in [5.74, 6) is 0. The Balaban J connectivity index is 3.72. The number of rotatable bonds is 6. The maximum absolute atomic E-state index is 3.67. The van der Waals surface area contributed by atoms with Gasteiger partial charge < -0.3 is 5.32 Å². The topological polar surface area (TPSA) is 12.0 Å². The fourth-order valence-corrected chi connectivity index (χ4v) is 2.07. The van der Waals surface area contributed by atoms with Crippen LogP contribution in [0.25, 0.3) is 0 Å². The molecule has 1 heteroatoms. The van der Waals surface area contributed by atoms with Crippen LogP contribution in [0.2, 0.25) is 0 Å². The van der Waals surface area contributed by atoms with E-state index in [1.165, 1.54) is 32.1 Å². The van der Waals surface area contributed by atoms with Crippen LogP contribution in [-0.4, -0.2) is 11.1 Å². The maximum Gasteiger partial charge on any atom is 0.0130 e. The van der Waals surface area contributed by atoms with E-state index in [-0.39, 0.29) is 11.1 Å². The maximum atomic E-state index is 3.67. The van der Waals surface area contributed by atoms with Crippen LogP contribution in [0.15, 0.2) is 0 Å². The van der Waals surface area contributed by atoms with Crippen molar-refractivity contribution in [2.45, 2.75) is 84.7 Å². The van der Waals surface area contributed by atoms with E-state index >= 15 is 0 Å². The summed E-state index contributed by atoms with van der Waals surface area (Å²) in [4.78, 5) is 0. The Labute approximate surface area is 90.7 Å². The molecule has 0 atom stereocenters. The first-order valence-corrected chi connectivity index (χ1v) is 6.06. The highest BCUT2D eigenvalue weighted by Gasteiger charge is 2.22. The molecule has 0 bridgehead atoms. The fourth-order valence-electron chi connectivity index (χ4n) is 2.07. The highest BCUT2D eigenvalue weighted by atomic mass is 15.0. The Hall–Kier alpha value is -0.0400. The molecule has 0 heterocycles. The molecule has 0 amide bonds. The average Bonchev–Trinajstić information content (AvgIpc) is 1.93. The number of nitrogens with one attached hydrogen (secondary N) is 1. The van der Waals surface area contributed by atoms with Crippen LogP contribution in [0.5, 0.6) is 0 Å². The zero-order valence-electron chi connectivity index (χ0n) is 11.0. The first-order chi connectivity index (χ1) is 6.27. The van der Waals surface area contributed by atoms with Gasteiger partial charge in [0.2, 0.25) is 0 Å². The molecular weight excluding hydrogens is 170 g/mol. The van der Waals surface area contributed by atoms with Crippen LogP contribution in [0.4, 0.5) is 0 Å². The molecule has 0 fully saturated rings. The molecule has 0 rings (SSSR count). The molecule has 0 aliphatic carbocycles. The van der Waals surface area contributed by atoms with Gasteiger partial charge in [-0.3, -0.25) is 0 Å². The van der Waals surface area contributed by atoms with Crippen LogP contribution in [0.1, 0.15) is 73.6 Å². The zero-order chi connectivity index (χ0) is 11.2. The third-order valence-electron chi connectivity index (χ3n) is 2.37. The Morgan fingerprint density at radius 1 is 0.857 bits per heavy atom. The van der Waals surface area contributed by atoms with Crippen molar-refractivity contribution in [2.75, 3.05) is 0 Å². The normalized spacial score (nSPS) is 13.3. The number of unbranched alkanes of at least 4 members (excludes halogenated alkanes) is 3. The second kappa shape index (κ2) is 5.75. The lowest BCUT2D eigenvalue weighted by Crippen LogP contribution is -2.50. The molecular formula is C13H29N. The van der Waals surface area contributed by atoms with Crippen molar-refractivity contribution >= 4 is 0 Å². The van der Waals surface area contributed by atoms with Crippen LogP contribution in [0, 0.1) is 0 Å². The third-order valence-corrected chi connectivity index (χ3v) is 2.37. The summed E-state index contributed by atoms with van der Waals surface area (Å²) < 4.78 is 0. The summed E-state index contributed by atoms with van der Waals surface area (Å²) in [6, 6.07) is 0. The second-order valence-electron chi connectivity index (χ2n) is 6.07.